The molecule has 2 heterocycles. The van der Waals surface area contributed by atoms with Crippen molar-refractivity contribution in [1.82, 2.24) is 15.7 Å². The molecule has 4 rings (SSSR count). The molecule has 134 valence electrons. The Morgan fingerprint density at radius 2 is 2.04 bits per heavy atom. The summed E-state index contributed by atoms with van der Waals surface area (Å²) in [6, 6.07) is 15.6. The highest BCUT2D eigenvalue weighted by Gasteiger charge is 2.28. The van der Waals surface area contributed by atoms with E-state index in [-0.39, 0.29) is 0 Å². The van der Waals surface area contributed by atoms with E-state index in [0.29, 0.717) is 11.5 Å². The van der Waals surface area contributed by atoms with E-state index in [0.717, 1.165) is 49.7 Å². The van der Waals surface area contributed by atoms with Crippen LogP contribution in [0.3, 0.4) is 0 Å². The van der Waals surface area contributed by atoms with E-state index in [1.54, 1.807) is 17.6 Å². The molecule has 26 heavy (non-hydrogen) atoms. The normalized spacial score (nSPS) is 19.0. The van der Waals surface area contributed by atoms with Crippen LogP contribution in [0.25, 0.3) is 0 Å². The smallest absolute Gasteiger partial charge is 0.274 e. The summed E-state index contributed by atoms with van der Waals surface area (Å²) in [6.07, 6.45) is 1.10. The van der Waals surface area contributed by atoms with Crippen LogP contribution < -0.4 is 10.8 Å². The molecule has 0 aliphatic carbocycles. The summed E-state index contributed by atoms with van der Waals surface area (Å²) >= 11 is 0. The van der Waals surface area contributed by atoms with Crippen LogP contribution in [0, 0.1) is 5.92 Å². The standard InChI is InChI=1S/C20H22N4O2/c25-20(23-26)15-7-5-14(6-8-15)12-24-13-17-3-1-2-4-18(17)22-19(24)16-9-10-21-11-16/h1-8,16,21,26H,9-13H2,(H,23,25)/t16-/m0/s1. The number of benzene rings is 2. The Labute approximate surface area is 152 Å². The van der Waals surface area contributed by atoms with Crippen molar-refractivity contribution in [3.8, 4) is 0 Å². The number of hydroxylamine groups is 1. The third-order valence-electron chi connectivity index (χ3n) is 5.03. The van der Waals surface area contributed by atoms with E-state index >= 15 is 0 Å². The molecule has 1 amide bonds. The van der Waals surface area contributed by atoms with Crippen LogP contribution >= 0.6 is 0 Å². The molecule has 2 aromatic carbocycles. The van der Waals surface area contributed by atoms with Crippen LogP contribution in [0.1, 0.15) is 27.9 Å². The van der Waals surface area contributed by atoms with Gasteiger partial charge in [0.25, 0.3) is 5.91 Å². The first-order valence-electron chi connectivity index (χ1n) is 8.90. The topological polar surface area (TPSA) is 77.0 Å². The van der Waals surface area contributed by atoms with Gasteiger partial charge in [0.15, 0.2) is 0 Å². The highest BCUT2D eigenvalue weighted by molar-refractivity contribution is 5.93. The molecule has 6 nitrogen and oxygen atoms in total. The van der Waals surface area contributed by atoms with Crippen molar-refractivity contribution in [2.45, 2.75) is 19.5 Å². The van der Waals surface area contributed by atoms with Gasteiger partial charge < -0.3 is 10.2 Å². The second kappa shape index (κ2) is 7.27. The predicted molar refractivity (Wildman–Crippen MR) is 99.5 cm³/mol. The minimum absolute atomic E-state index is 0.433. The number of amides is 1. The number of para-hydroxylation sites is 1. The van der Waals surface area contributed by atoms with E-state index in [1.165, 1.54) is 5.56 Å². The van der Waals surface area contributed by atoms with Gasteiger partial charge >= 0.3 is 0 Å². The highest BCUT2D eigenvalue weighted by atomic mass is 16.5. The number of nitrogens with zero attached hydrogens (tertiary/aromatic N) is 2. The van der Waals surface area contributed by atoms with Gasteiger partial charge in [0.2, 0.25) is 0 Å². The lowest BCUT2D eigenvalue weighted by molar-refractivity contribution is 0.0706. The maximum atomic E-state index is 11.5. The van der Waals surface area contributed by atoms with Crippen LogP contribution in [0.2, 0.25) is 0 Å². The molecule has 2 aliphatic rings. The first kappa shape index (κ1) is 16.8. The quantitative estimate of drug-likeness (QED) is 0.585. The Hall–Kier alpha value is -2.70. The van der Waals surface area contributed by atoms with Gasteiger partial charge in [-0.05, 0) is 42.3 Å². The van der Waals surface area contributed by atoms with Crippen LogP contribution in [-0.4, -0.2) is 34.9 Å². The second-order valence-electron chi connectivity index (χ2n) is 6.78. The summed E-state index contributed by atoms with van der Waals surface area (Å²) < 4.78 is 0. The fraction of sp³-hybridized carbons (Fsp3) is 0.300. The number of rotatable bonds is 4. The first-order valence-corrected chi connectivity index (χ1v) is 8.90. The van der Waals surface area contributed by atoms with Crippen LogP contribution in [0.4, 0.5) is 5.69 Å². The van der Waals surface area contributed by atoms with Gasteiger partial charge in [-0.15, -0.1) is 0 Å². The number of fused-ring (bicyclic) bond motifs is 1. The van der Waals surface area contributed by atoms with Crippen LogP contribution in [-0.2, 0) is 13.1 Å². The fourth-order valence-corrected chi connectivity index (χ4v) is 3.64. The first-order chi connectivity index (χ1) is 12.7. The fourth-order valence-electron chi connectivity index (χ4n) is 3.64. The molecule has 0 unspecified atom stereocenters. The average Bonchev–Trinajstić information content (AvgIpc) is 3.22. The summed E-state index contributed by atoms with van der Waals surface area (Å²) in [4.78, 5) is 18.8. The molecule has 3 N–H and O–H groups in total. The number of carbonyl (C=O) groups excluding carboxylic acids is 1. The number of hydrogen-bond donors (Lipinski definition) is 3. The van der Waals surface area contributed by atoms with E-state index in [1.807, 2.05) is 18.2 Å². The lowest BCUT2D eigenvalue weighted by Gasteiger charge is -2.33. The van der Waals surface area contributed by atoms with E-state index < -0.39 is 5.91 Å². The number of hydrogen-bond acceptors (Lipinski definition) is 5. The molecule has 1 atom stereocenters. The van der Waals surface area contributed by atoms with Crippen molar-refractivity contribution < 1.29 is 10.0 Å². The molecule has 6 heteroatoms. The molecule has 2 aliphatic heterocycles. The van der Waals surface area contributed by atoms with Crippen molar-refractivity contribution in [3.63, 3.8) is 0 Å². The minimum atomic E-state index is -0.497. The number of aliphatic imine (C=N–C) groups is 1. The highest BCUT2D eigenvalue weighted by Crippen LogP contribution is 2.30. The van der Waals surface area contributed by atoms with Crippen LogP contribution in [0.5, 0.6) is 0 Å². The number of carbonyl (C=O) groups is 1. The lowest BCUT2D eigenvalue weighted by atomic mass is 10.0. The lowest BCUT2D eigenvalue weighted by Crippen LogP contribution is -2.38. The van der Waals surface area contributed by atoms with Gasteiger partial charge in [-0.3, -0.25) is 10.0 Å². The monoisotopic (exact) mass is 350 g/mol. The van der Waals surface area contributed by atoms with E-state index in [9.17, 15) is 4.79 Å². The zero-order valence-electron chi connectivity index (χ0n) is 14.5. The Morgan fingerprint density at radius 3 is 2.77 bits per heavy atom. The average molecular weight is 350 g/mol. The molecule has 1 saturated heterocycles. The van der Waals surface area contributed by atoms with E-state index in [2.05, 4.69) is 28.4 Å². The molecule has 1 fully saturated rings. The summed E-state index contributed by atoms with van der Waals surface area (Å²) in [5.41, 5.74) is 5.51. The van der Waals surface area contributed by atoms with Gasteiger partial charge in [-0.1, -0.05) is 30.3 Å². The van der Waals surface area contributed by atoms with Crippen molar-refractivity contribution in [2.75, 3.05) is 13.1 Å². The Kier molecular flexibility index (Phi) is 4.69. The van der Waals surface area contributed by atoms with E-state index in [4.69, 9.17) is 10.2 Å². The maximum absolute atomic E-state index is 11.5. The maximum Gasteiger partial charge on any atom is 0.274 e. The molecule has 2 aromatic rings. The number of amidine groups is 1. The Morgan fingerprint density at radius 1 is 1.23 bits per heavy atom. The second-order valence-corrected chi connectivity index (χ2v) is 6.78. The summed E-state index contributed by atoms with van der Waals surface area (Å²) in [5, 5.41) is 12.2. The van der Waals surface area contributed by atoms with Crippen molar-refractivity contribution in [2.24, 2.45) is 10.9 Å². The Bertz CT molecular complexity index is 826. The SMILES string of the molecule is O=C(NO)c1ccc(CN2Cc3ccccc3N=C2[C@H]2CCNC2)cc1. The minimum Gasteiger partial charge on any atom is -0.351 e. The molecule has 0 spiro atoms. The van der Waals surface area contributed by atoms with Gasteiger partial charge in [0.05, 0.1) is 5.69 Å². The van der Waals surface area contributed by atoms with Gasteiger partial charge in [-0.25, -0.2) is 10.5 Å². The molecular weight excluding hydrogens is 328 g/mol. The summed E-state index contributed by atoms with van der Waals surface area (Å²) in [7, 11) is 0. The summed E-state index contributed by atoms with van der Waals surface area (Å²) in [5.74, 6) is 1.08. The number of nitrogens with one attached hydrogen (secondary N) is 2. The zero-order chi connectivity index (χ0) is 17.9. The van der Waals surface area contributed by atoms with Crippen molar-refractivity contribution >= 4 is 17.4 Å². The largest absolute Gasteiger partial charge is 0.351 e. The van der Waals surface area contributed by atoms with Gasteiger partial charge in [-0.2, -0.15) is 0 Å². The third kappa shape index (κ3) is 3.34. The predicted octanol–water partition coefficient (Wildman–Crippen LogP) is 2.46. The zero-order valence-corrected chi connectivity index (χ0v) is 14.5. The molecule has 0 saturated carbocycles. The van der Waals surface area contributed by atoms with Crippen molar-refractivity contribution in [1.29, 1.82) is 0 Å². The Balaban J connectivity index is 1.59. The molecule has 0 bridgehead atoms. The van der Waals surface area contributed by atoms with Crippen LogP contribution in [0.15, 0.2) is 53.5 Å². The third-order valence-corrected chi connectivity index (χ3v) is 5.03. The molecule has 0 aromatic heterocycles. The molecule has 0 radical (unpaired) electrons. The summed E-state index contributed by atoms with van der Waals surface area (Å²) in [6.45, 7) is 3.58. The van der Waals surface area contributed by atoms with Gasteiger partial charge in [0, 0.05) is 31.1 Å². The van der Waals surface area contributed by atoms with Gasteiger partial charge in [0.1, 0.15) is 5.84 Å². The molecular formula is C20H22N4O2. The van der Waals surface area contributed by atoms with Crippen molar-refractivity contribution in [3.05, 3.63) is 65.2 Å².